The number of esters is 4. The van der Waals surface area contributed by atoms with Crippen LogP contribution < -0.4 is 0 Å². The molecule has 0 aromatic rings. The summed E-state index contributed by atoms with van der Waals surface area (Å²) in [5.41, 5.74) is 0. The lowest BCUT2D eigenvalue weighted by molar-refractivity contribution is -0.161. The Morgan fingerprint density at radius 2 is 0.460 bits per heavy atom. The molecular weight excluding hydrogens is 1310 g/mol. The topological polar surface area (TPSA) is 237 Å². The number of carbonyl (C=O) groups is 4. The van der Waals surface area contributed by atoms with Gasteiger partial charge in [0.15, 0.2) is 12.2 Å². The van der Waals surface area contributed by atoms with E-state index >= 15 is 0 Å². The van der Waals surface area contributed by atoms with Crippen molar-refractivity contribution in [3.8, 4) is 0 Å². The van der Waals surface area contributed by atoms with Crippen molar-refractivity contribution in [2.24, 2.45) is 11.8 Å². The zero-order chi connectivity index (χ0) is 73.5. The number of hydrogen-bond acceptors (Lipinski definition) is 15. The van der Waals surface area contributed by atoms with Crippen LogP contribution in [0.1, 0.15) is 427 Å². The molecule has 19 heteroatoms. The van der Waals surface area contributed by atoms with Gasteiger partial charge in [-0.15, -0.1) is 0 Å². The molecule has 17 nitrogen and oxygen atoms in total. The van der Waals surface area contributed by atoms with Gasteiger partial charge in [0.25, 0.3) is 0 Å². The van der Waals surface area contributed by atoms with Crippen molar-refractivity contribution < 1.29 is 80.2 Å². The first-order valence-corrected chi connectivity index (χ1v) is 45.0. The molecule has 0 aromatic heterocycles. The summed E-state index contributed by atoms with van der Waals surface area (Å²) in [7, 11) is -9.92. The summed E-state index contributed by atoms with van der Waals surface area (Å²) in [5, 5.41) is 10.6. The predicted octanol–water partition coefficient (Wildman–Crippen LogP) is 24.3. The number of unbranched alkanes of at least 4 members (excludes halogenated alkanes) is 50. The summed E-state index contributed by atoms with van der Waals surface area (Å²) in [6, 6.07) is 0. The fourth-order valence-corrected chi connectivity index (χ4v) is 14.1. The molecule has 0 aliphatic rings. The third-order valence-corrected chi connectivity index (χ3v) is 20.9. The maximum atomic E-state index is 13.1. The van der Waals surface area contributed by atoms with Crippen molar-refractivity contribution >= 4 is 39.5 Å². The molecule has 0 rings (SSSR count). The van der Waals surface area contributed by atoms with Gasteiger partial charge >= 0.3 is 39.5 Å². The van der Waals surface area contributed by atoms with Crippen LogP contribution in [0, 0.1) is 11.8 Å². The molecule has 2 unspecified atom stereocenters. The van der Waals surface area contributed by atoms with Crippen LogP contribution in [0.15, 0.2) is 0 Å². The maximum absolute atomic E-state index is 13.1. The largest absolute Gasteiger partial charge is 0.472 e. The van der Waals surface area contributed by atoms with Crippen LogP contribution in [0.5, 0.6) is 0 Å². The summed E-state index contributed by atoms with van der Waals surface area (Å²) in [6.07, 6.45) is 62.9. The molecule has 3 N–H and O–H groups in total. The van der Waals surface area contributed by atoms with Gasteiger partial charge in [0.2, 0.25) is 0 Å². The van der Waals surface area contributed by atoms with Gasteiger partial charge in [-0.05, 0) is 37.5 Å². The summed E-state index contributed by atoms with van der Waals surface area (Å²) in [4.78, 5) is 72.9. The smallest absolute Gasteiger partial charge is 0.462 e. The van der Waals surface area contributed by atoms with E-state index < -0.39 is 97.5 Å². The van der Waals surface area contributed by atoms with Crippen molar-refractivity contribution in [2.75, 3.05) is 39.6 Å². The van der Waals surface area contributed by atoms with E-state index in [0.717, 1.165) is 96.3 Å². The van der Waals surface area contributed by atoms with Gasteiger partial charge < -0.3 is 33.8 Å². The van der Waals surface area contributed by atoms with E-state index in [9.17, 15) is 43.2 Å². The summed E-state index contributed by atoms with van der Waals surface area (Å²) >= 11 is 0. The zero-order valence-corrected chi connectivity index (χ0v) is 67.3. The van der Waals surface area contributed by atoms with Gasteiger partial charge in [-0.1, -0.05) is 375 Å². The van der Waals surface area contributed by atoms with Crippen molar-refractivity contribution in [2.45, 2.75) is 445 Å². The van der Waals surface area contributed by atoms with Gasteiger partial charge in [-0.25, -0.2) is 9.13 Å². The minimum absolute atomic E-state index is 0.103. The van der Waals surface area contributed by atoms with Gasteiger partial charge in [-0.3, -0.25) is 37.3 Å². The van der Waals surface area contributed by atoms with Crippen molar-refractivity contribution in [3.63, 3.8) is 0 Å². The molecule has 0 aliphatic carbocycles. The van der Waals surface area contributed by atoms with Crippen LogP contribution in [0.25, 0.3) is 0 Å². The molecule has 100 heavy (non-hydrogen) atoms. The lowest BCUT2D eigenvalue weighted by atomic mass is 10.0. The molecule has 594 valence electrons. The number of aliphatic hydroxyl groups is 1. The lowest BCUT2D eigenvalue weighted by Crippen LogP contribution is -2.30. The second-order valence-corrected chi connectivity index (χ2v) is 33.0. The van der Waals surface area contributed by atoms with E-state index in [1.165, 1.54) is 238 Å². The van der Waals surface area contributed by atoms with Crippen LogP contribution in [0.4, 0.5) is 0 Å². The minimum atomic E-state index is -4.96. The number of aliphatic hydroxyl groups excluding tert-OH is 1. The fourth-order valence-electron chi connectivity index (χ4n) is 12.5. The highest BCUT2D eigenvalue weighted by molar-refractivity contribution is 7.47. The van der Waals surface area contributed by atoms with E-state index in [2.05, 4.69) is 41.5 Å². The fraction of sp³-hybridized carbons (Fsp3) is 0.951. The average Bonchev–Trinajstić information content (AvgIpc) is 0.918. The number of carbonyl (C=O) groups excluding carboxylic acids is 4. The monoisotopic (exact) mass is 1470 g/mol. The highest BCUT2D eigenvalue weighted by Crippen LogP contribution is 2.45. The Bertz CT molecular complexity index is 1920. The Kier molecular flexibility index (Phi) is 71.2. The molecule has 0 amide bonds. The number of hydrogen-bond donors (Lipinski definition) is 3. The van der Waals surface area contributed by atoms with Crippen LogP contribution >= 0.6 is 15.6 Å². The normalized spacial score (nSPS) is 13.9. The second-order valence-electron chi connectivity index (χ2n) is 30.1. The SMILES string of the molecule is CCCCCCCCCCCCCCCCCCCCCCC(=O)OC[C@H](COP(=O)(O)OC[C@@H](O)COP(=O)(O)OC[C@@H](COC(=O)CCCCCCCCCC(C)C)OC(=O)CCCCCCCCCC(C)C)OC(=O)CCCCCCCCCCCCCCCCCCCCCC. The Labute approximate surface area is 613 Å². The molecule has 0 bridgehead atoms. The van der Waals surface area contributed by atoms with Gasteiger partial charge in [-0.2, -0.15) is 0 Å². The molecule has 0 saturated heterocycles. The Morgan fingerprint density at radius 1 is 0.270 bits per heavy atom. The quantitative estimate of drug-likeness (QED) is 0.0222. The molecule has 0 saturated carbocycles. The highest BCUT2D eigenvalue weighted by atomic mass is 31.2. The molecule has 5 atom stereocenters. The lowest BCUT2D eigenvalue weighted by Gasteiger charge is -2.21. The molecule has 0 radical (unpaired) electrons. The standard InChI is InChI=1S/C81H158O17P2/c1-7-9-11-13-15-17-19-21-23-25-27-29-31-33-35-37-39-45-51-57-63-78(83)91-69-76(97-80(85)65-59-53-46-40-38-36-34-32-30-28-26-24-22-20-18-16-14-12-10-8-2)71-95-99(87,88)93-67-75(82)68-94-100(89,90)96-72-77(98-81(86)66-60-54-48-42-44-50-56-62-74(5)6)70-92-79(84)64-58-52-47-41-43-49-55-61-73(3)4/h73-77,82H,7-72H2,1-6H3,(H,87,88)(H,89,90)/t75-,76-,77-/m1/s1. The van der Waals surface area contributed by atoms with Crippen molar-refractivity contribution in [1.82, 2.24) is 0 Å². The van der Waals surface area contributed by atoms with Gasteiger partial charge in [0.1, 0.15) is 19.3 Å². The van der Waals surface area contributed by atoms with E-state index in [4.69, 9.17) is 37.0 Å². The number of phosphoric acid groups is 2. The Balaban J connectivity index is 5.19. The maximum Gasteiger partial charge on any atom is 0.472 e. The van der Waals surface area contributed by atoms with Crippen molar-refractivity contribution in [1.29, 1.82) is 0 Å². The average molecular weight is 1470 g/mol. The Morgan fingerprint density at radius 3 is 0.680 bits per heavy atom. The molecule has 0 aliphatic heterocycles. The van der Waals surface area contributed by atoms with Crippen LogP contribution in [-0.4, -0.2) is 96.7 Å². The first-order chi connectivity index (χ1) is 48.4. The molecule has 0 aromatic carbocycles. The van der Waals surface area contributed by atoms with E-state index in [1.807, 2.05) is 0 Å². The molecular formula is C81H158O17P2. The number of ether oxygens (including phenoxy) is 4. The van der Waals surface area contributed by atoms with Crippen LogP contribution in [0.2, 0.25) is 0 Å². The molecule has 0 heterocycles. The first-order valence-electron chi connectivity index (χ1n) is 42.0. The third-order valence-electron chi connectivity index (χ3n) is 19.0. The number of phosphoric ester groups is 2. The Hall–Kier alpha value is -1.94. The van der Waals surface area contributed by atoms with Crippen molar-refractivity contribution in [3.05, 3.63) is 0 Å². The summed E-state index contributed by atoms with van der Waals surface area (Å²) in [6.45, 7) is 9.50. The number of rotatable bonds is 80. The highest BCUT2D eigenvalue weighted by Gasteiger charge is 2.30. The van der Waals surface area contributed by atoms with E-state index in [1.54, 1.807) is 0 Å². The van der Waals surface area contributed by atoms with Gasteiger partial charge in [0.05, 0.1) is 26.4 Å². The second kappa shape index (κ2) is 72.6. The van der Waals surface area contributed by atoms with E-state index in [0.29, 0.717) is 37.5 Å². The van der Waals surface area contributed by atoms with E-state index in [-0.39, 0.29) is 25.7 Å². The first kappa shape index (κ1) is 98.1. The van der Waals surface area contributed by atoms with Gasteiger partial charge in [0, 0.05) is 25.7 Å². The zero-order valence-electron chi connectivity index (χ0n) is 65.5. The third kappa shape index (κ3) is 74.3. The molecule has 0 fully saturated rings. The van der Waals surface area contributed by atoms with Crippen LogP contribution in [-0.2, 0) is 65.4 Å². The summed E-state index contributed by atoms with van der Waals surface area (Å²) in [5.74, 6) is -0.714. The van der Waals surface area contributed by atoms with Crippen LogP contribution in [0.3, 0.4) is 0 Å². The predicted molar refractivity (Wildman–Crippen MR) is 409 cm³/mol. The summed E-state index contributed by atoms with van der Waals surface area (Å²) < 4.78 is 68.6. The molecule has 0 spiro atoms. The minimum Gasteiger partial charge on any atom is -0.462 e.